The van der Waals surface area contributed by atoms with Gasteiger partial charge < -0.3 is 14.2 Å². The quantitative estimate of drug-likeness (QED) is 0.212. The van der Waals surface area contributed by atoms with E-state index in [0.717, 1.165) is 62.6 Å². The fraction of sp³-hybridized carbons (Fsp3) is 0.206. The molecule has 0 unspecified atom stereocenters. The van der Waals surface area contributed by atoms with Crippen LogP contribution in [0, 0.1) is 13.8 Å². The first kappa shape index (κ1) is 28.8. The highest BCUT2D eigenvalue weighted by Crippen LogP contribution is 2.34. The van der Waals surface area contributed by atoms with Gasteiger partial charge in [0, 0.05) is 35.2 Å². The maximum atomic E-state index is 13.2. The van der Waals surface area contributed by atoms with Gasteiger partial charge in [0.15, 0.2) is 0 Å². The molecule has 3 heterocycles. The van der Waals surface area contributed by atoms with Gasteiger partial charge in [0.1, 0.15) is 18.9 Å². The predicted octanol–water partition coefficient (Wildman–Crippen LogP) is 6.95. The van der Waals surface area contributed by atoms with Crippen molar-refractivity contribution in [1.82, 2.24) is 14.4 Å². The van der Waals surface area contributed by atoms with Crippen molar-refractivity contribution < 1.29 is 19.1 Å². The average molecular weight is 612 g/mol. The number of carbonyl (C=O) groups excluding carboxylic acids is 3. The van der Waals surface area contributed by atoms with Crippen molar-refractivity contribution in [3.63, 3.8) is 0 Å². The van der Waals surface area contributed by atoms with E-state index in [2.05, 4.69) is 10.6 Å². The molecule has 9 heteroatoms. The smallest absolute Gasteiger partial charge is 0.294 e. The molecule has 0 saturated carbocycles. The molecule has 0 spiro atoms. The summed E-state index contributed by atoms with van der Waals surface area (Å²) in [6.45, 7) is 5.22. The molecule has 43 heavy (non-hydrogen) atoms. The van der Waals surface area contributed by atoms with Gasteiger partial charge in [-0.25, -0.2) is 0 Å². The van der Waals surface area contributed by atoms with Crippen molar-refractivity contribution in [3.05, 3.63) is 122 Å². The summed E-state index contributed by atoms with van der Waals surface area (Å²) >= 11 is 6.84. The van der Waals surface area contributed by atoms with E-state index in [1.807, 2.05) is 86.6 Å². The van der Waals surface area contributed by atoms with Gasteiger partial charge >= 0.3 is 0 Å². The number of aromatic nitrogens is 1. The minimum atomic E-state index is -0.437. The Kier molecular flexibility index (Phi) is 8.15. The van der Waals surface area contributed by atoms with Crippen molar-refractivity contribution in [1.29, 1.82) is 0 Å². The third-order valence-corrected chi connectivity index (χ3v) is 8.98. The van der Waals surface area contributed by atoms with Crippen molar-refractivity contribution in [3.8, 4) is 11.4 Å². The van der Waals surface area contributed by atoms with Crippen molar-refractivity contribution in [2.24, 2.45) is 0 Å². The zero-order valence-electron chi connectivity index (χ0n) is 23.9. The Morgan fingerprint density at radius 3 is 2.44 bits per heavy atom. The molecule has 1 fully saturated rings. The van der Waals surface area contributed by atoms with Crippen LogP contribution in [0.25, 0.3) is 11.8 Å². The lowest BCUT2D eigenvalue weighted by atomic mass is 10.00. The standard InChI is InChI=1S/C34H30ClN3O4S/c1-22-17-27(23(2)38(22)29-11-13-30(14-12-29)42-21-24-7-9-28(35)10-8-24)18-31-33(40)37(34(41)43-31)20-32(39)36-16-15-25-5-3-4-6-26(25)19-36/h3-14,17-18H,15-16,19-21H2,1-2H3/b31-18-. The SMILES string of the molecule is Cc1cc(/C=C2\SC(=O)N(CC(=O)N3CCc4ccccc4C3)C2=O)c(C)n1-c1ccc(OCc2ccc(Cl)cc2)cc1. The van der Waals surface area contributed by atoms with Crippen LogP contribution in [-0.2, 0) is 29.2 Å². The molecule has 218 valence electrons. The van der Waals surface area contributed by atoms with Crippen LogP contribution in [0.5, 0.6) is 5.75 Å². The summed E-state index contributed by atoms with van der Waals surface area (Å²) in [6.07, 6.45) is 2.51. The second-order valence-corrected chi connectivity index (χ2v) is 12.1. The van der Waals surface area contributed by atoms with E-state index in [1.165, 1.54) is 5.56 Å². The minimum absolute atomic E-state index is 0.225. The van der Waals surface area contributed by atoms with Gasteiger partial charge in [-0.3, -0.25) is 19.3 Å². The van der Waals surface area contributed by atoms with Crippen LogP contribution in [0.1, 0.15) is 33.6 Å². The third-order valence-electron chi connectivity index (χ3n) is 7.82. The first-order valence-corrected chi connectivity index (χ1v) is 15.2. The molecule has 0 radical (unpaired) electrons. The lowest BCUT2D eigenvalue weighted by molar-refractivity contribution is -0.136. The molecule has 2 aliphatic rings. The Labute approximate surface area is 259 Å². The highest BCUT2D eigenvalue weighted by molar-refractivity contribution is 8.18. The first-order chi connectivity index (χ1) is 20.8. The van der Waals surface area contributed by atoms with Crippen LogP contribution < -0.4 is 4.74 Å². The third kappa shape index (κ3) is 6.12. The summed E-state index contributed by atoms with van der Waals surface area (Å²) < 4.78 is 8.02. The maximum Gasteiger partial charge on any atom is 0.294 e. The summed E-state index contributed by atoms with van der Waals surface area (Å²) in [5.41, 5.74) is 7.07. The Morgan fingerprint density at radius 1 is 0.977 bits per heavy atom. The van der Waals surface area contributed by atoms with Gasteiger partial charge in [0.25, 0.3) is 11.1 Å². The van der Waals surface area contributed by atoms with E-state index in [1.54, 1.807) is 11.0 Å². The molecule has 3 amide bonds. The molecule has 1 saturated heterocycles. The topological polar surface area (TPSA) is 71.9 Å². The second-order valence-electron chi connectivity index (χ2n) is 10.7. The number of rotatable bonds is 7. The number of halogens is 1. The number of amides is 3. The number of thioether (sulfide) groups is 1. The molecular formula is C34H30ClN3O4S. The molecule has 4 aromatic rings. The summed E-state index contributed by atoms with van der Waals surface area (Å²) in [6, 6.07) is 25.4. The first-order valence-electron chi connectivity index (χ1n) is 14.0. The van der Waals surface area contributed by atoms with Crippen molar-refractivity contribution >= 4 is 46.5 Å². The van der Waals surface area contributed by atoms with E-state index < -0.39 is 11.1 Å². The largest absolute Gasteiger partial charge is 0.489 e. The summed E-state index contributed by atoms with van der Waals surface area (Å²) in [4.78, 5) is 42.2. The average Bonchev–Trinajstić information content (AvgIpc) is 3.44. The van der Waals surface area contributed by atoms with Gasteiger partial charge in [0.05, 0.1) is 4.91 Å². The number of hydrogen-bond donors (Lipinski definition) is 0. The Balaban J connectivity index is 1.13. The van der Waals surface area contributed by atoms with Gasteiger partial charge in [-0.2, -0.15) is 0 Å². The number of benzene rings is 3. The van der Waals surface area contributed by atoms with E-state index >= 15 is 0 Å². The molecular weight excluding hydrogens is 582 g/mol. The minimum Gasteiger partial charge on any atom is -0.489 e. The summed E-state index contributed by atoms with van der Waals surface area (Å²) in [5, 5.41) is 0.264. The van der Waals surface area contributed by atoms with Gasteiger partial charge in [-0.15, -0.1) is 0 Å². The molecule has 6 rings (SSSR count). The molecule has 0 N–H and O–H groups in total. The predicted molar refractivity (Wildman–Crippen MR) is 169 cm³/mol. The van der Waals surface area contributed by atoms with E-state index in [9.17, 15) is 14.4 Å². The molecule has 0 aliphatic carbocycles. The highest BCUT2D eigenvalue weighted by atomic mass is 35.5. The maximum absolute atomic E-state index is 13.2. The van der Waals surface area contributed by atoms with Gasteiger partial charge in [-0.1, -0.05) is 48.0 Å². The Hall–Kier alpha value is -4.27. The number of aryl methyl sites for hydroxylation is 1. The molecule has 7 nitrogen and oxygen atoms in total. The fourth-order valence-electron chi connectivity index (χ4n) is 5.49. The summed E-state index contributed by atoms with van der Waals surface area (Å²) in [7, 11) is 0. The zero-order valence-corrected chi connectivity index (χ0v) is 25.5. The molecule has 0 atom stereocenters. The number of carbonyl (C=O) groups is 3. The molecule has 1 aromatic heterocycles. The number of nitrogens with zero attached hydrogens (tertiary/aromatic N) is 3. The van der Waals surface area contributed by atoms with E-state index in [-0.39, 0.29) is 12.5 Å². The van der Waals surface area contributed by atoms with Crippen LogP contribution in [0.3, 0.4) is 0 Å². The number of ether oxygens (including phenoxy) is 1. The highest BCUT2D eigenvalue weighted by Gasteiger charge is 2.37. The van der Waals surface area contributed by atoms with E-state index in [4.69, 9.17) is 16.3 Å². The van der Waals surface area contributed by atoms with Crippen LogP contribution in [0.4, 0.5) is 4.79 Å². The summed E-state index contributed by atoms with van der Waals surface area (Å²) in [5.74, 6) is 0.0861. The van der Waals surface area contributed by atoms with Gasteiger partial charge in [-0.05, 0) is 103 Å². The number of fused-ring (bicyclic) bond motifs is 1. The normalized spacial score (nSPS) is 15.7. The second kappa shape index (κ2) is 12.1. The monoisotopic (exact) mass is 611 g/mol. The van der Waals surface area contributed by atoms with Gasteiger partial charge in [0.2, 0.25) is 5.91 Å². The molecule has 2 aliphatic heterocycles. The lowest BCUT2D eigenvalue weighted by Crippen LogP contribution is -2.44. The van der Waals surface area contributed by atoms with Crippen molar-refractivity contribution in [2.75, 3.05) is 13.1 Å². The zero-order chi connectivity index (χ0) is 30.1. The fourth-order valence-corrected chi connectivity index (χ4v) is 6.45. The van der Waals surface area contributed by atoms with Crippen LogP contribution >= 0.6 is 23.4 Å². The lowest BCUT2D eigenvalue weighted by Gasteiger charge is -2.29. The number of imide groups is 1. The Morgan fingerprint density at radius 2 is 1.70 bits per heavy atom. The van der Waals surface area contributed by atoms with Crippen molar-refractivity contribution in [2.45, 2.75) is 33.4 Å². The van der Waals surface area contributed by atoms with Crippen LogP contribution in [0.15, 0.2) is 83.8 Å². The van der Waals surface area contributed by atoms with Crippen LogP contribution in [0.2, 0.25) is 5.02 Å². The molecule has 3 aromatic carbocycles. The van der Waals surface area contributed by atoms with E-state index in [0.29, 0.717) is 29.6 Å². The Bertz CT molecular complexity index is 1740. The van der Waals surface area contributed by atoms with Crippen LogP contribution in [-0.4, -0.2) is 44.5 Å². The number of hydrogen-bond acceptors (Lipinski definition) is 5. The molecule has 0 bridgehead atoms.